The molecule has 0 spiro atoms. The highest BCUT2D eigenvalue weighted by atomic mass is 79.9. The minimum atomic E-state index is -0.537. The lowest BCUT2D eigenvalue weighted by molar-refractivity contribution is -0.116. The smallest absolute Gasteiger partial charge is 0.407 e. The van der Waals surface area contributed by atoms with E-state index in [4.69, 9.17) is 4.74 Å². The van der Waals surface area contributed by atoms with E-state index in [1.54, 1.807) is 6.92 Å². The van der Waals surface area contributed by atoms with Crippen LogP contribution in [-0.4, -0.2) is 18.6 Å². The topological polar surface area (TPSA) is 67.4 Å². The highest BCUT2D eigenvalue weighted by Crippen LogP contribution is 2.26. The number of benzene rings is 2. The number of ether oxygens (including phenoxy) is 1. The molecule has 2 aromatic rings. The lowest BCUT2D eigenvalue weighted by Gasteiger charge is -2.19. The van der Waals surface area contributed by atoms with E-state index >= 15 is 0 Å². The van der Waals surface area contributed by atoms with Crippen molar-refractivity contribution in [2.45, 2.75) is 33.2 Å². The number of hydrogen-bond acceptors (Lipinski definition) is 3. The van der Waals surface area contributed by atoms with Gasteiger partial charge in [0.1, 0.15) is 0 Å². The van der Waals surface area contributed by atoms with E-state index in [2.05, 4.69) is 26.6 Å². The van der Waals surface area contributed by atoms with Gasteiger partial charge in [-0.15, -0.1) is 0 Å². The molecule has 0 bridgehead atoms. The summed E-state index contributed by atoms with van der Waals surface area (Å²) in [7, 11) is 0. The van der Waals surface area contributed by atoms with Crippen molar-refractivity contribution < 1.29 is 14.3 Å². The standard InChI is InChI=1S/C20H23BrN2O3/c1-4-26-20(25)23-18(15-8-6-5-7-9-15)12-19(24)22-17-11-10-16(21)13(2)14(17)3/h5-11,18H,4,12H2,1-3H3,(H,22,24)(H,23,25)/t18-/m0/s1. The first-order valence-corrected chi connectivity index (χ1v) is 9.25. The van der Waals surface area contributed by atoms with Crippen LogP contribution in [0.15, 0.2) is 46.9 Å². The van der Waals surface area contributed by atoms with Crippen LogP contribution < -0.4 is 10.6 Å². The van der Waals surface area contributed by atoms with Crippen molar-refractivity contribution in [3.63, 3.8) is 0 Å². The number of halogens is 1. The molecule has 0 aliphatic carbocycles. The normalized spacial score (nSPS) is 11.5. The third-order valence-electron chi connectivity index (χ3n) is 4.15. The average Bonchev–Trinajstić information content (AvgIpc) is 2.62. The molecule has 26 heavy (non-hydrogen) atoms. The van der Waals surface area contributed by atoms with E-state index in [1.165, 1.54) is 0 Å². The van der Waals surface area contributed by atoms with Crippen LogP contribution in [0.4, 0.5) is 10.5 Å². The molecule has 138 valence electrons. The summed E-state index contributed by atoms with van der Waals surface area (Å²) in [6.45, 7) is 5.96. The van der Waals surface area contributed by atoms with Crippen LogP contribution >= 0.6 is 15.9 Å². The summed E-state index contributed by atoms with van der Waals surface area (Å²) in [4.78, 5) is 24.4. The first-order chi connectivity index (χ1) is 12.4. The van der Waals surface area contributed by atoms with Gasteiger partial charge in [0.25, 0.3) is 0 Å². The molecule has 0 heterocycles. The highest BCUT2D eigenvalue weighted by molar-refractivity contribution is 9.10. The number of anilines is 1. The van der Waals surface area contributed by atoms with Crippen LogP contribution in [0.25, 0.3) is 0 Å². The lowest BCUT2D eigenvalue weighted by atomic mass is 10.0. The first-order valence-electron chi connectivity index (χ1n) is 8.46. The van der Waals surface area contributed by atoms with Gasteiger partial charge < -0.3 is 15.4 Å². The van der Waals surface area contributed by atoms with Gasteiger partial charge in [-0.2, -0.15) is 0 Å². The summed E-state index contributed by atoms with van der Waals surface area (Å²) < 4.78 is 5.95. The predicted octanol–water partition coefficient (Wildman–Crippen LogP) is 4.88. The molecule has 0 saturated carbocycles. The summed E-state index contributed by atoms with van der Waals surface area (Å²) in [6.07, 6.45) is -0.429. The van der Waals surface area contributed by atoms with Gasteiger partial charge in [0.15, 0.2) is 0 Å². The summed E-state index contributed by atoms with van der Waals surface area (Å²) in [5.74, 6) is -0.180. The molecule has 0 aliphatic rings. The third kappa shape index (κ3) is 5.33. The SMILES string of the molecule is CCOC(=O)N[C@@H](CC(=O)Nc1ccc(Br)c(C)c1C)c1ccccc1. The van der Waals surface area contributed by atoms with Crippen LogP contribution in [0, 0.1) is 13.8 Å². The molecular formula is C20H23BrN2O3. The predicted molar refractivity (Wildman–Crippen MR) is 106 cm³/mol. The second-order valence-electron chi connectivity index (χ2n) is 5.93. The Kier molecular flexibility index (Phi) is 7.21. The molecule has 0 aliphatic heterocycles. The van der Waals surface area contributed by atoms with Crippen LogP contribution in [0.2, 0.25) is 0 Å². The van der Waals surface area contributed by atoms with Crippen molar-refractivity contribution >= 4 is 33.6 Å². The van der Waals surface area contributed by atoms with Gasteiger partial charge in [-0.25, -0.2) is 4.79 Å². The Morgan fingerprint density at radius 3 is 2.42 bits per heavy atom. The fourth-order valence-electron chi connectivity index (χ4n) is 2.56. The summed E-state index contributed by atoms with van der Waals surface area (Å²) >= 11 is 3.49. The zero-order valence-electron chi connectivity index (χ0n) is 15.1. The zero-order chi connectivity index (χ0) is 19.1. The van der Waals surface area contributed by atoms with Gasteiger partial charge in [-0.1, -0.05) is 46.3 Å². The Bertz CT molecular complexity index is 778. The van der Waals surface area contributed by atoms with E-state index in [-0.39, 0.29) is 18.9 Å². The number of alkyl carbamates (subject to hydrolysis) is 1. The van der Waals surface area contributed by atoms with E-state index in [1.807, 2.05) is 56.3 Å². The van der Waals surface area contributed by atoms with Crippen molar-refractivity contribution in [2.24, 2.45) is 0 Å². The Balaban J connectivity index is 2.13. The number of rotatable bonds is 6. The Hall–Kier alpha value is -2.34. The Morgan fingerprint density at radius 2 is 1.77 bits per heavy atom. The second kappa shape index (κ2) is 9.38. The molecule has 0 radical (unpaired) electrons. The maximum atomic E-state index is 12.6. The maximum Gasteiger partial charge on any atom is 0.407 e. The maximum absolute atomic E-state index is 12.6. The minimum Gasteiger partial charge on any atom is -0.450 e. The van der Waals surface area contributed by atoms with Crippen molar-refractivity contribution in [1.82, 2.24) is 5.32 Å². The largest absolute Gasteiger partial charge is 0.450 e. The fourth-order valence-corrected chi connectivity index (χ4v) is 2.99. The Morgan fingerprint density at radius 1 is 1.08 bits per heavy atom. The number of nitrogens with one attached hydrogen (secondary N) is 2. The van der Waals surface area contributed by atoms with Crippen LogP contribution in [0.1, 0.15) is 36.1 Å². The third-order valence-corrected chi connectivity index (χ3v) is 5.01. The van der Waals surface area contributed by atoms with E-state index in [0.29, 0.717) is 0 Å². The average molecular weight is 419 g/mol. The molecule has 5 nitrogen and oxygen atoms in total. The first kappa shape index (κ1) is 20.0. The fraction of sp³-hybridized carbons (Fsp3) is 0.300. The van der Waals surface area contributed by atoms with Crippen LogP contribution in [0.5, 0.6) is 0 Å². The number of amides is 2. The molecule has 0 unspecified atom stereocenters. The van der Waals surface area contributed by atoms with Gasteiger partial charge >= 0.3 is 6.09 Å². The van der Waals surface area contributed by atoms with E-state index in [0.717, 1.165) is 26.9 Å². The van der Waals surface area contributed by atoms with E-state index < -0.39 is 12.1 Å². The molecule has 6 heteroatoms. The van der Waals surface area contributed by atoms with Crippen molar-refractivity contribution in [3.05, 3.63) is 63.6 Å². The molecule has 0 aromatic heterocycles. The van der Waals surface area contributed by atoms with Crippen molar-refractivity contribution in [1.29, 1.82) is 0 Å². The monoisotopic (exact) mass is 418 g/mol. The molecule has 2 N–H and O–H groups in total. The van der Waals surface area contributed by atoms with Gasteiger partial charge in [0.2, 0.25) is 5.91 Å². The van der Waals surface area contributed by atoms with E-state index in [9.17, 15) is 9.59 Å². The summed E-state index contributed by atoms with van der Waals surface area (Å²) in [6, 6.07) is 12.7. The van der Waals surface area contributed by atoms with Crippen LogP contribution in [0.3, 0.4) is 0 Å². The Labute approximate surface area is 162 Å². The van der Waals surface area contributed by atoms with Crippen molar-refractivity contribution in [3.8, 4) is 0 Å². The summed E-state index contributed by atoms with van der Waals surface area (Å²) in [5.41, 5.74) is 3.69. The molecule has 1 atom stereocenters. The molecule has 2 aromatic carbocycles. The number of carbonyl (C=O) groups excluding carboxylic acids is 2. The summed E-state index contributed by atoms with van der Waals surface area (Å²) in [5, 5.41) is 5.69. The number of hydrogen-bond donors (Lipinski definition) is 2. The van der Waals surface area contributed by atoms with Gasteiger partial charge in [-0.3, -0.25) is 4.79 Å². The molecule has 2 amide bonds. The quantitative estimate of drug-likeness (QED) is 0.701. The van der Waals surface area contributed by atoms with Gasteiger partial charge in [0.05, 0.1) is 19.1 Å². The second-order valence-corrected chi connectivity index (χ2v) is 6.78. The van der Waals surface area contributed by atoms with Gasteiger partial charge in [0, 0.05) is 10.2 Å². The molecule has 0 fully saturated rings. The molecular weight excluding hydrogens is 396 g/mol. The minimum absolute atomic E-state index is 0.109. The van der Waals surface area contributed by atoms with Crippen LogP contribution in [-0.2, 0) is 9.53 Å². The number of carbonyl (C=O) groups is 2. The van der Waals surface area contributed by atoms with Gasteiger partial charge in [-0.05, 0) is 49.6 Å². The molecule has 0 saturated heterocycles. The lowest BCUT2D eigenvalue weighted by Crippen LogP contribution is -2.32. The molecule has 2 rings (SSSR count). The van der Waals surface area contributed by atoms with Crippen molar-refractivity contribution in [2.75, 3.05) is 11.9 Å². The highest BCUT2D eigenvalue weighted by Gasteiger charge is 2.19. The zero-order valence-corrected chi connectivity index (χ0v) is 16.7.